The molecule has 6 nitrogen and oxygen atoms in total. The van der Waals surface area contributed by atoms with Crippen LogP contribution in [0.25, 0.3) is 11.3 Å². The third-order valence-electron chi connectivity index (χ3n) is 4.87. The van der Waals surface area contributed by atoms with Crippen molar-refractivity contribution in [1.82, 2.24) is 14.5 Å². The van der Waals surface area contributed by atoms with Crippen LogP contribution in [0.3, 0.4) is 0 Å². The van der Waals surface area contributed by atoms with Gasteiger partial charge in [0.15, 0.2) is 5.82 Å². The first kappa shape index (κ1) is 20.6. The van der Waals surface area contributed by atoms with Gasteiger partial charge in [-0.25, -0.2) is 17.2 Å². The molecule has 0 bridgehead atoms. The molecule has 1 aliphatic rings. The molecule has 0 unspecified atom stereocenters. The Balaban J connectivity index is 1.47. The second-order valence-electron chi connectivity index (χ2n) is 6.72. The fourth-order valence-electron chi connectivity index (χ4n) is 3.28. The Morgan fingerprint density at radius 2 is 1.63 bits per heavy atom. The molecule has 30 heavy (non-hydrogen) atoms. The second-order valence-corrected chi connectivity index (χ2v) is 9.04. The van der Waals surface area contributed by atoms with Crippen molar-refractivity contribution < 1.29 is 17.2 Å². The first-order chi connectivity index (χ1) is 14.4. The number of nitrogens with zero attached hydrogens (tertiary/aromatic N) is 4. The number of anilines is 1. The molecule has 2 heterocycles. The molecule has 0 saturated carbocycles. The zero-order valence-corrected chi connectivity index (χ0v) is 17.2. The van der Waals surface area contributed by atoms with E-state index in [9.17, 15) is 17.2 Å². The van der Waals surface area contributed by atoms with Gasteiger partial charge in [-0.15, -0.1) is 10.2 Å². The molecule has 0 amide bonds. The van der Waals surface area contributed by atoms with Gasteiger partial charge in [-0.3, -0.25) is 0 Å². The molecule has 0 N–H and O–H groups in total. The van der Waals surface area contributed by atoms with E-state index in [1.165, 1.54) is 0 Å². The van der Waals surface area contributed by atoms with Gasteiger partial charge in [0.2, 0.25) is 10.0 Å². The van der Waals surface area contributed by atoms with E-state index in [4.69, 9.17) is 11.6 Å². The average Bonchev–Trinajstić information content (AvgIpc) is 2.76. The topological polar surface area (TPSA) is 66.4 Å². The number of hydrogen-bond acceptors (Lipinski definition) is 5. The number of halogens is 3. The normalized spacial score (nSPS) is 15.4. The molecule has 0 radical (unpaired) electrons. The standard InChI is InChI=1S/C20H17ClF2N4O2S/c21-16-4-2-1-3-15(16)18-7-8-20(25-24-18)26-9-11-27(12-10-26)30(28,29)19-13-14(22)5-6-17(19)23/h1-8,13H,9-12H2. The summed E-state index contributed by atoms with van der Waals surface area (Å²) in [6.45, 7) is 0.922. The summed E-state index contributed by atoms with van der Waals surface area (Å²) < 4.78 is 53.9. The predicted molar refractivity (Wildman–Crippen MR) is 110 cm³/mol. The lowest BCUT2D eigenvalue weighted by molar-refractivity contribution is 0.380. The number of benzene rings is 2. The van der Waals surface area contributed by atoms with Crippen molar-refractivity contribution in [2.45, 2.75) is 4.90 Å². The van der Waals surface area contributed by atoms with Crippen LogP contribution in [-0.2, 0) is 10.0 Å². The van der Waals surface area contributed by atoms with Crippen LogP contribution in [0.4, 0.5) is 14.6 Å². The van der Waals surface area contributed by atoms with Crippen molar-refractivity contribution in [3.05, 3.63) is 71.3 Å². The highest BCUT2D eigenvalue weighted by Crippen LogP contribution is 2.27. The van der Waals surface area contributed by atoms with Gasteiger partial charge in [-0.05, 0) is 36.4 Å². The van der Waals surface area contributed by atoms with Crippen LogP contribution in [0, 0.1) is 11.6 Å². The largest absolute Gasteiger partial charge is 0.352 e. The van der Waals surface area contributed by atoms with E-state index < -0.39 is 26.6 Å². The fraction of sp³-hybridized carbons (Fsp3) is 0.200. The highest BCUT2D eigenvalue weighted by molar-refractivity contribution is 7.89. The lowest BCUT2D eigenvalue weighted by Gasteiger charge is -2.34. The Morgan fingerprint density at radius 3 is 2.30 bits per heavy atom. The Labute approximate surface area is 177 Å². The monoisotopic (exact) mass is 450 g/mol. The summed E-state index contributed by atoms with van der Waals surface area (Å²) >= 11 is 6.19. The molecule has 1 aliphatic heterocycles. The van der Waals surface area contributed by atoms with E-state index in [1.807, 2.05) is 23.1 Å². The van der Waals surface area contributed by atoms with Crippen molar-refractivity contribution in [2.24, 2.45) is 0 Å². The summed E-state index contributed by atoms with van der Waals surface area (Å²) in [7, 11) is -4.13. The molecule has 156 valence electrons. The quantitative estimate of drug-likeness (QED) is 0.607. The maximum absolute atomic E-state index is 14.0. The Bertz CT molecular complexity index is 1170. The summed E-state index contributed by atoms with van der Waals surface area (Å²) in [6, 6.07) is 13.3. The Hall–Kier alpha value is -2.62. The SMILES string of the molecule is O=S(=O)(c1cc(F)ccc1F)N1CCN(c2ccc(-c3ccccc3Cl)nn2)CC1. The minimum atomic E-state index is -4.13. The summed E-state index contributed by atoms with van der Waals surface area (Å²) in [5, 5.41) is 9.03. The van der Waals surface area contributed by atoms with Gasteiger partial charge in [-0.1, -0.05) is 29.8 Å². The number of aromatic nitrogens is 2. The highest BCUT2D eigenvalue weighted by atomic mass is 35.5. The van der Waals surface area contributed by atoms with Crippen LogP contribution >= 0.6 is 11.6 Å². The van der Waals surface area contributed by atoms with E-state index in [2.05, 4.69) is 10.2 Å². The van der Waals surface area contributed by atoms with Crippen LogP contribution in [0.1, 0.15) is 0 Å². The van der Waals surface area contributed by atoms with Gasteiger partial charge in [-0.2, -0.15) is 4.31 Å². The molecule has 1 aromatic heterocycles. The van der Waals surface area contributed by atoms with Gasteiger partial charge in [0.25, 0.3) is 0 Å². The van der Waals surface area contributed by atoms with Crippen molar-refractivity contribution in [2.75, 3.05) is 31.1 Å². The first-order valence-corrected chi connectivity index (χ1v) is 11.0. The summed E-state index contributed by atoms with van der Waals surface area (Å²) in [6.07, 6.45) is 0. The minimum absolute atomic E-state index is 0.117. The van der Waals surface area contributed by atoms with Gasteiger partial charge >= 0.3 is 0 Å². The van der Waals surface area contributed by atoms with E-state index in [1.54, 1.807) is 18.2 Å². The molecular formula is C20H17ClF2N4O2S. The van der Waals surface area contributed by atoms with Crippen molar-refractivity contribution in [3.63, 3.8) is 0 Å². The van der Waals surface area contributed by atoms with Crippen molar-refractivity contribution >= 4 is 27.4 Å². The van der Waals surface area contributed by atoms with E-state index in [0.717, 1.165) is 22.0 Å². The molecule has 2 aromatic carbocycles. The van der Waals surface area contributed by atoms with Gasteiger partial charge in [0, 0.05) is 31.7 Å². The molecule has 4 rings (SSSR count). The average molecular weight is 451 g/mol. The molecule has 1 fully saturated rings. The number of sulfonamides is 1. The molecule has 0 atom stereocenters. The zero-order valence-electron chi connectivity index (χ0n) is 15.7. The molecule has 0 aliphatic carbocycles. The lowest BCUT2D eigenvalue weighted by Crippen LogP contribution is -2.49. The molecular weight excluding hydrogens is 434 g/mol. The molecule has 3 aromatic rings. The summed E-state index contributed by atoms with van der Waals surface area (Å²) in [5.74, 6) is -1.18. The van der Waals surface area contributed by atoms with Gasteiger partial charge in [0.1, 0.15) is 16.5 Å². The Morgan fingerprint density at radius 1 is 0.900 bits per heavy atom. The van der Waals surface area contributed by atoms with E-state index in [-0.39, 0.29) is 13.1 Å². The highest BCUT2D eigenvalue weighted by Gasteiger charge is 2.31. The molecule has 0 spiro atoms. The van der Waals surface area contributed by atoms with Crippen LogP contribution in [0.2, 0.25) is 5.02 Å². The minimum Gasteiger partial charge on any atom is -0.352 e. The van der Waals surface area contributed by atoms with Crippen LogP contribution < -0.4 is 4.90 Å². The lowest BCUT2D eigenvalue weighted by atomic mass is 10.1. The maximum atomic E-state index is 14.0. The van der Waals surface area contributed by atoms with E-state index >= 15 is 0 Å². The third kappa shape index (κ3) is 4.00. The van der Waals surface area contributed by atoms with Crippen molar-refractivity contribution in [1.29, 1.82) is 0 Å². The number of hydrogen-bond donors (Lipinski definition) is 0. The first-order valence-electron chi connectivity index (χ1n) is 9.15. The van der Waals surface area contributed by atoms with Crippen molar-refractivity contribution in [3.8, 4) is 11.3 Å². The zero-order chi connectivity index (χ0) is 21.3. The van der Waals surface area contributed by atoms with Crippen LogP contribution in [0.15, 0.2) is 59.5 Å². The molecule has 10 heteroatoms. The van der Waals surface area contributed by atoms with Gasteiger partial charge in [0.05, 0.1) is 10.7 Å². The van der Waals surface area contributed by atoms with Crippen LogP contribution in [-0.4, -0.2) is 49.1 Å². The van der Waals surface area contributed by atoms with E-state index in [0.29, 0.717) is 35.7 Å². The fourth-order valence-corrected chi connectivity index (χ4v) is 5.01. The second kappa shape index (κ2) is 8.25. The number of rotatable bonds is 4. The predicted octanol–water partition coefficient (Wildman–Crippen LogP) is 3.59. The maximum Gasteiger partial charge on any atom is 0.246 e. The number of piperazine rings is 1. The Kier molecular flexibility index (Phi) is 5.68. The summed E-state index contributed by atoms with van der Waals surface area (Å²) in [5.41, 5.74) is 1.40. The van der Waals surface area contributed by atoms with Crippen LogP contribution in [0.5, 0.6) is 0 Å². The van der Waals surface area contributed by atoms with Gasteiger partial charge < -0.3 is 4.90 Å². The molecule has 1 saturated heterocycles. The third-order valence-corrected chi connectivity index (χ3v) is 7.12. The smallest absolute Gasteiger partial charge is 0.246 e. The summed E-state index contributed by atoms with van der Waals surface area (Å²) in [4.78, 5) is 1.23.